The highest BCUT2D eigenvalue weighted by molar-refractivity contribution is 5.69. The molecule has 0 spiro atoms. The van der Waals surface area contributed by atoms with E-state index >= 15 is 0 Å². The summed E-state index contributed by atoms with van der Waals surface area (Å²) >= 11 is 0. The lowest BCUT2D eigenvalue weighted by Crippen LogP contribution is -2.27. The predicted molar refractivity (Wildman–Crippen MR) is 91.3 cm³/mol. The Kier molecular flexibility index (Phi) is 2.29. The standard InChI is InChI=1S/C22H16/c1-2-14-11-12-19-20(13-14)22-17-9-5-3-7-15(17)21(19)16-8-4-6-10-18(16)22/h2-13,21-22H,1H2. The zero-order valence-electron chi connectivity index (χ0n) is 12.3. The molecule has 6 rings (SSSR count). The van der Waals surface area contributed by atoms with Crippen LogP contribution in [0.4, 0.5) is 0 Å². The summed E-state index contributed by atoms with van der Waals surface area (Å²) in [5.41, 5.74) is 10.0. The molecule has 0 heterocycles. The summed E-state index contributed by atoms with van der Waals surface area (Å²) in [6.45, 7) is 3.93. The van der Waals surface area contributed by atoms with Gasteiger partial charge in [-0.15, -0.1) is 0 Å². The van der Waals surface area contributed by atoms with Crippen LogP contribution < -0.4 is 0 Å². The van der Waals surface area contributed by atoms with E-state index in [2.05, 4.69) is 73.3 Å². The van der Waals surface area contributed by atoms with Gasteiger partial charge in [0, 0.05) is 11.8 Å². The van der Waals surface area contributed by atoms with Crippen LogP contribution in [0.3, 0.4) is 0 Å². The smallest absolute Gasteiger partial charge is 0.0349 e. The highest BCUT2D eigenvalue weighted by atomic mass is 14.4. The van der Waals surface area contributed by atoms with Crippen LogP contribution in [0.25, 0.3) is 6.08 Å². The Morgan fingerprint density at radius 3 is 1.55 bits per heavy atom. The summed E-state index contributed by atoms with van der Waals surface area (Å²) < 4.78 is 0. The predicted octanol–water partition coefficient (Wildman–Crippen LogP) is 5.32. The summed E-state index contributed by atoms with van der Waals surface area (Å²) in [5, 5.41) is 0. The Bertz CT molecular complexity index is 869. The summed E-state index contributed by atoms with van der Waals surface area (Å²) in [6.07, 6.45) is 1.94. The number of rotatable bonds is 1. The fourth-order valence-corrected chi connectivity index (χ4v) is 4.31. The molecule has 0 aliphatic heterocycles. The second-order valence-electron chi connectivity index (χ2n) is 6.22. The van der Waals surface area contributed by atoms with Gasteiger partial charge in [-0.05, 0) is 38.9 Å². The van der Waals surface area contributed by atoms with Gasteiger partial charge >= 0.3 is 0 Å². The molecule has 2 bridgehead atoms. The zero-order valence-corrected chi connectivity index (χ0v) is 12.3. The van der Waals surface area contributed by atoms with Gasteiger partial charge in [-0.1, -0.05) is 79.4 Å². The van der Waals surface area contributed by atoms with Gasteiger partial charge in [-0.25, -0.2) is 0 Å². The Labute approximate surface area is 130 Å². The summed E-state index contributed by atoms with van der Waals surface area (Å²) in [5.74, 6) is 0.749. The van der Waals surface area contributed by atoms with E-state index in [4.69, 9.17) is 0 Å². The zero-order chi connectivity index (χ0) is 14.7. The first-order valence-corrected chi connectivity index (χ1v) is 7.82. The molecule has 104 valence electrons. The van der Waals surface area contributed by atoms with E-state index in [1.807, 2.05) is 6.08 Å². The maximum absolute atomic E-state index is 3.93. The van der Waals surface area contributed by atoms with Crippen molar-refractivity contribution in [2.45, 2.75) is 11.8 Å². The Hall–Kier alpha value is -2.60. The van der Waals surface area contributed by atoms with Crippen molar-refractivity contribution in [3.05, 3.63) is 112 Å². The number of hydrogen-bond donors (Lipinski definition) is 0. The maximum atomic E-state index is 3.93. The molecule has 3 aromatic carbocycles. The summed E-state index contributed by atoms with van der Waals surface area (Å²) in [7, 11) is 0. The third-order valence-corrected chi connectivity index (χ3v) is 5.20. The van der Waals surface area contributed by atoms with Gasteiger partial charge in [-0.3, -0.25) is 0 Å². The molecule has 0 amide bonds. The minimum absolute atomic E-state index is 0.368. The van der Waals surface area contributed by atoms with Crippen molar-refractivity contribution in [2.75, 3.05) is 0 Å². The van der Waals surface area contributed by atoms with E-state index in [0.717, 1.165) is 0 Å². The van der Waals surface area contributed by atoms with Crippen LogP contribution in [0.1, 0.15) is 50.8 Å². The van der Waals surface area contributed by atoms with Gasteiger partial charge in [0.15, 0.2) is 0 Å². The van der Waals surface area contributed by atoms with Gasteiger partial charge in [-0.2, -0.15) is 0 Å². The molecule has 3 aliphatic rings. The SMILES string of the molecule is C=Cc1ccc2c(c1)C1c3ccccc3C2c2ccccc21. The van der Waals surface area contributed by atoms with Crippen LogP contribution in [0.2, 0.25) is 0 Å². The van der Waals surface area contributed by atoms with Crippen molar-refractivity contribution < 1.29 is 0 Å². The molecule has 0 aromatic heterocycles. The normalized spacial score (nSPS) is 20.0. The summed E-state index contributed by atoms with van der Waals surface area (Å²) in [6, 6.07) is 24.7. The molecule has 0 heteroatoms. The van der Waals surface area contributed by atoms with Crippen molar-refractivity contribution in [1.29, 1.82) is 0 Å². The third kappa shape index (κ3) is 1.37. The van der Waals surface area contributed by atoms with Gasteiger partial charge in [0.05, 0.1) is 0 Å². The van der Waals surface area contributed by atoms with Crippen molar-refractivity contribution in [3.8, 4) is 0 Å². The molecular weight excluding hydrogens is 264 g/mol. The van der Waals surface area contributed by atoms with Crippen molar-refractivity contribution in [3.63, 3.8) is 0 Å². The molecule has 0 unspecified atom stereocenters. The van der Waals surface area contributed by atoms with E-state index in [1.165, 1.54) is 38.9 Å². The molecule has 0 N–H and O–H groups in total. The van der Waals surface area contributed by atoms with Gasteiger partial charge in [0.2, 0.25) is 0 Å². The van der Waals surface area contributed by atoms with E-state index in [9.17, 15) is 0 Å². The van der Waals surface area contributed by atoms with Crippen LogP contribution in [0.5, 0.6) is 0 Å². The first-order valence-electron chi connectivity index (χ1n) is 7.82. The van der Waals surface area contributed by atoms with Gasteiger partial charge in [0.25, 0.3) is 0 Å². The highest BCUT2D eigenvalue weighted by Gasteiger charge is 2.40. The minimum atomic E-state index is 0.368. The van der Waals surface area contributed by atoms with E-state index in [1.54, 1.807) is 0 Å². The molecule has 22 heavy (non-hydrogen) atoms. The van der Waals surface area contributed by atoms with E-state index < -0.39 is 0 Å². The molecule has 0 radical (unpaired) electrons. The van der Waals surface area contributed by atoms with Gasteiger partial charge in [0.1, 0.15) is 0 Å². The van der Waals surface area contributed by atoms with E-state index in [-0.39, 0.29) is 0 Å². The molecule has 3 aromatic rings. The molecule has 0 saturated carbocycles. The average Bonchev–Trinajstić information content (AvgIpc) is 2.60. The van der Waals surface area contributed by atoms with Gasteiger partial charge < -0.3 is 0 Å². The fourth-order valence-electron chi connectivity index (χ4n) is 4.31. The minimum Gasteiger partial charge on any atom is -0.0985 e. The first-order chi connectivity index (χ1) is 10.9. The van der Waals surface area contributed by atoms with Crippen LogP contribution in [0.15, 0.2) is 73.3 Å². The Balaban J connectivity index is 1.89. The maximum Gasteiger partial charge on any atom is 0.0349 e. The largest absolute Gasteiger partial charge is 0.0985 e. The second-order valence-corrected chi connectivity index (χ2v) is 6.22. The van der Waals surface area contributed by atoms with Crippen LogP contribution in [-0.4, -0.2) is 0 Å². The van der Waals surface area contributed by atoms with Crippen molar-refractivity contribution >= 4 is 6.08 Å². The monoisotopic (exact) mass is 280 g/mol. The number of benzene rings is 3. The Morgan fingerprint density at radius 2 is 1.05 bits per heavy atom. The molecule has 0 saturated heterocycles. The third-order valence-electron chi connectivity index (χ3n) is 5.20. The lowest BCUT2D eigenvalue weighted by Gasteiger charge is -2.42. The first kappa shape index (κ1) is 12.0. The quantitative estimate of drug-likeness (QED) is 0.390. The van der Waals surface area contributed by atoms with Crippen LogP contribution in [-0.2, 0) is 0 Å². The van der Waals surface area contributed by atoms with Crippen LogP contribution in [0, 0.1) is 0 Å². The topological polar surface area (TPSA) is 0 Å². The summed E-state index contributed by atoms with van der Waals surface area (Å²) in [4.78, 5) is 0. The molecule has 0 nitrogen and oxygen atoms in total. The molecular formula is C22H16. The highest BCUT2D eigenvalue weighted by Crippen LogP contribution is 2.55. The number of hydrogen-bond acceptors (Lipinski definition) is 0. The van der Waals surface area contributed by atoms with E-state index in [0.29, 0.717) is 11.8 Å². The second kappa shape index (κ2) is 4.20. The van der Waals surface area contributed by atoms with Crippen LogP contribution >= 0.6 is 0 Å². The fraction of sp³-hybridized carbons (Fsp3) is 0.0909. The molecule has 3 aliphatic carbocycles. The molecule has 0 fully saturated rings. The average molecular weight is 280 g/mol. The van der Waals surface area contributed by atoms with Crippen molar-refractivity contribution in [1.82, 2.24) is 0 Å². The van der Waals surface area contributed by atoms with Crippen molar-refractivity contribution in [2.24, 2.45) is 0 Å². The Morgan fingerprint density at radius 1 is 0.591 bits per heavy atom. The lowest BCUT2D eigenvalue weighted by molar-refractivity contribution is 0.754. The lowest BCUT2D eigenvalue weighted by atomic mass is 9.61. The molecule has 0 atom stereocenters.